The van der Waals surface area contributed by atoms with Gasteiger partial charge in [-0.15, -0.1) is 0 Å². The van der Waals surface area contributed by atoms with Gasteiger partial charge < -0.3 is 15.4 Å². The molecule has 0 spiro atoms. The molecule has 40 heavy (non-hydrogen) atoms. The second-order valence-corrected chi connectivity index (χ2v) is 11.1. The Kier molecular flexibility index (Phi) is 9.38. The van der Waals surface area contributed by atoms with E-state index in [1.54, 1.807) is 10.6 Å². The average molecular weight is 550 g/mol. The van der Waals surface area contributed by atoms with Gasteiger partial charge >= 0.3 is 0 Å². The number of likely N-dealkylation sites (tertiary alicyclic amines) is 1. The van der Waals surface area contributed by atoms with Crippen molar-refractivity contribution in [2.75, 3.05) is 43.5 Å². The van der Waals surface area contributed by atoms with Crippen LogP contribution in [0, 0.1) is 0 Å². The molecule has 2 fully saturated rings. The number of ketones is 1. The van der Waals surface area contributed by atoms with Crippen molar-refractivity contribution in [3.63, 3.8) is 0 Å². The number of halogens is 1. The maximum absolute atomic E-state index is 13.6. The lowest BCUT2D eigenvalue weighted by molar-refractivity contribution is -0.114. The van der Waals surface area contributed by atoms with Crippen molar-refractivity contribution in [3.8, 4) is 0 Å². The van der Waals surface area contributed by atoms with Crippen molar-refractivity contribution < 1.29 is 13.9 Å². The zero-order valence-corrected chi connectivity index (χ0v) is 23.5. The Bertz CT molecular complexity index is 1320. The van der Waals surface area contributed by atoms with Crippen LogP contribution in [-0.2, 0) is 22.5 Å². The molecule has 2 N–H and O–H groups in total. The molecule has 0 radical (unpaired) electrons. The molecule has 10 heteroatoms. The van der Waals surface area contributed by atoms with Crippen LogP contribution >= 0.6 is 0 Å². The van der Waals surface area contributed by atoms with Gasteiger partial charge in [-0.3, -0.25) is 9.69 Å². The number of nitrogens with zero attached hydrogens (tertiary/aromatic N) is 5. The number of alkyl halides is 1. The van der Waals surface area contributed by atoms with Gasteiger partial charge in [-0.05, 0) is 55.3 Å². The number of piperidine rings is 1. The van der Waals surface area contributed by atoms with Gasteiger partial charge in [0.2, 0.25) is 11.9 Å². The highest BCUT2D eigenvalue weighted by atomic mass is 19.1. The summed E-state index contributed by atoms with van der Waals surface area (Å²) in [5.74, 6) is 1.52. The molecule has 5 rings (SSSR count). The van der Waals surface area contributed by atoms with Crippen molar-refractivity contribution >= 4 is 23.3 Å². The number of carbonyl (C=O) groups is 1. The predicted molar refractivity (Wildman–Crippen MR) is 155 cm³/mol. The second kappa shape index (κ2) is 13.3. The molecule has 0 aliphatic carbocycles. The highest BCUT2D eigenvalue weighted by Crippen LogP contribution is 2.23. The number of allylic oxidation sites excluding steroid dienone is 1. The number of rotatable bonds is 11. The van der Waals surface area contributed by atoms with Crippen LogP contribution in [-0.4, -0.2) is 75.3 Å². The summed E-state index contributed by atoms with van der Waals surface area (Å²) >= 11 is 0. The number of ether oxygens (including phenoxy) is 1. The fourth-order valence-corrected chi connectivity index (χ4v) is 5.29. The van der Waals surface area contributed by atoms with Crippen LogP contribution < -0.4 is 10.6 Å². The van der Waals surface area contributed by atoms with Crippen LogP contribution in [0.25, 0.3) is 5.65 Å². The van der Waals surface area contributed by atoms with Gasteiger partial charge in [-0.25, -0.2) is 4.39 Å². The number of nitrogens with one attached hydrogen (secondary N) is 2. The largest absolute Gasteiger partial charge is 0.381 e. The molecule has 1 unspecified atom stereocenters. The van der Waals surface area contributed by atoms with Crippen molar-refractivity contribution in [1.29, 1.82) is 0 Å². The number of anilines is 2. The van der Waals surface area contributed by atoms with Gasteiger partial charge in [0, 0.05) is 50.9 Å². The summed E-state index contributed by atoms with van der Waals surface area (Å²) < 4.78 is 20.8. The Balaban J connectivity index is 1.23. The standard InChI is InChI=1S/C30H40FN7O2/c1-21(2)27-19-33-38-28(27)35-29(34-25-10-14-40-15-11-25)36-30(38)32-18-23-7-3-6-22(16-23)17-26(39)9-5-13-37-12-4-8-24(31)20-37/h3,5-7,9,16,19,21,24-25H,4,8,10-15,17-18,20H2,1-2H3,(H2,32,34,35,36)/b9-5+. The normalized spacial score (nSPS) is 19.1. The van der Waals surface area contributed by atoms with Gasteiger partial charge in [-0.1, -0.05) is 44.2 Å². The van der Waals surface area contributed by atoms with Crippen molar-refractivity contribution in [2.24, 2.45) is 0 Å². The summed E-state index contributed by atoms with van der Waals surface area (Å²) in [6.07, 6.45) is 8.26. The molecule has 1 aromatic carbocycles. The van der Waals surface area contributed by atoms with E-state index in [0.717, 1.165) is 61.4 Å². The van der Waals surface area contributed by atoms with Crippen LogP contribution in [0.2, 0.25) is 0 Å². The van der Waals surface area contributed by atoms with Gasteiger partial charge in [-0.2, -0.15) is 19.6 Å². The molecule has 0 bridgehead atoms. The van der Waals surface area contributed by atoms with Crippen molar-refractivity contribution in [2.45, 2.75) is 70.6 Å². The molecular formula is C30H40FN7O2. The van der Waals surface area contributed by atoms with Crippen LogP contribution in [0.15, 0.2) is 42.6 Å². The van der Waals surface area contributed by atoms with Gasteiger partial charge in [0.05, 0.1) is 6.20 Å². The van der Waals surface area contributed by atoms with Gasteiger partial charge in [0.1, 0.15) is 6.17 Å². The lowest BCUT2D eigenvalue weighted by Crippen LogP contribution is -2.36. The first-order valence-corrected chi connectivity index (χ1v) is 14.4. The van der Waals surface area contributed by atoms with E-state index in [4.69, 9.17) is 14.7 Å². The zero-order valence-electron chi connectivity index (χ0n) is 23.5. The Morgan fingerprint density at radius 3 is 2.83 bits per heavy atom. The van der Waals surface area contributed by atoms with Crippen molar-refractivity contribution in [1.82, 2.24) is 24.5 Å². The zero-order chi connectivity index (χ0) is 27.9. The van der Waals surface area contributed by atoms with E-state index in [1.807, 2.05) is 36.5 Å². The van der Waals surface area contributed by atoms with Gasteiger partial charge in [0.25, 0.3) is 0 Å². The van der Waals surface area contributed by atoms with E-state index in [-0.39, 0.29) is 17.7 Å². The summed E-state index contributed by atoms with van der Waals surface area (Å²) in [7, 11) is 0. The third kappa shape index (κ3) is 7.42. The Labute approximate surface area is 235 Å². The maximum Gasteiger partial charge on any atom is 0.229 e. The predicted octanol–water partition coefficient (Wildman–Crippen LogP) is 4.55. The summed E-state index contributed by atoms with van der Waals surface area (Å²) in [5.41, 5.74) is 3.85. The van der Waals surface area contributed by atoms with Gasteiger partial charge in [0.15, 0.2) is 11.4 Å². The van der Waals surface area contributed by atoms with Crippen LogP contribution in [0.1, 0.15) is 62.1 Å². The first-order valence-electron chi connectivity index (χ1n) is 14.4. The van der Waals surface area contributed by atoms with Crippen LogP contribution in [0.4, 0.5) is 16.3 Å². The van der Waals surface area contributed by atoms with E-state index in [9.17, 15) is 9.18 Å². The Morgan fingerprint density at radius 1 is 1.20 bits per heavy atom. The molecule has 2 aromatic heterocycles. The highest BCUT2D eigenvalue weighted by Gasteiger charge is 2.19. The lowest BCUT2D eigenvalue weighted by atomic mass is 10.1. The molecule has 9 nitrogen and oxygen atoms in total. The van der Waals surface area contributed by atoms with Crippen LogP contribution in [0.5, 0.6) is 0 Å². The molecule has 214 valence electrons. The van der Waals surface area contributed by atoms with Crippen molar-refractivity contribution in [3.05, 3.63) is 59.3 Å². The smallest absolute Gasteiger partial charge is 0.229 e. The third-order valence-corrected chi connectivity index (χ3v) is 7.51. The Hall–Kier alpha value is -3.37. The number of fused-ring (bicyclic) bond motifs is 1. The SMILES string of the molecule is CC(C)c1cnn2c(NCc3cccc(CC(=O)/C=C/CN4CCCC(F)C4)c3)nc(NC3CCOCC3)nc12. The lowest BCUT2D eigenvalue weighted by Gasteiger charge is -2.27. The summed E-state index contributed by atoms with van der Waals surface area (Å²) in [4.78, 5) is 24.2. The molecule has 0 saturated carbocycles. The fraction of sp³-hybridized carbons (Fsp3) is 0.533. The first-order chi connectivity index (χ1) is 19.4. The minimum atomic E-state index is -0.756. The van der Waals surface area contributed by atoms with Crippen LogP contribution in [0.3, 0.4) is 0 Å². The third-order valence-electron chi connectivity index (χ3n) is 7.51. The highest BCUT2D eigenvalue weighted by molar-refractivity contribution is 5.91. The molecular weight excluding hydrogens is 509 g/mol. The van der Waals surface area contributed by atoms with E-state index in [1.165, 1.54) is 0 Å². The molecule has 2 saturated heterocycles. The maximum atomic E-state index is 13.6. The van der Waals surface area contributed by atoms with E-state index in [0.29, 0.717) is 44.4 Å². The first kappa shape index (κ1) is 28.2. The molecule has 0 amide bonds. The monoisotopic (exact) mass is 549 g/mol. The summed E-state index contributed by atoms with van der Waals surface area (Å²) in [5, 5.41) is 11.5. The number of aromatic nitrogens is 4. The molecule has 4 heterocycles. The molecule has 1 atom stereocenters. The van der Waals surface area contributed by atoms with E-state index in [2.05, 4.69) is 34.5 Å². The van der Waals surface area contributed by atoms with E-state index >= 15 is 0 Å². The molecule has 3 aromatic rings. The topological polar surface area (TPSA) is 96.7 Å². The summed E-state index contributed by atoms with van der Waals surface area (Å²) in [6, 6.07) is 8.28. The fourth-order valence-electron chi connectivity index (χ4n) is 5.29. The minimum absolute atomic E-state index is 0.0398. The second-order valence-electron chi connectivity index (χ2n) is 11.1. The minimum Gasteiger partial charge on any atom is -0.381 e. The Morgan fingerprint density at radius 2 is 2.02 bits per heavy atom. The molecule has 2 aliphatic rings. The number of carbonyl (C=O) groups excluding carboxylic acids is 1. The number of hydrogen-bond acceptors (Lipinski definition) is 8. The quantitative estimate of drug-likeness (QED) is 0.336. The molecule has 2 aliphatic heterocycles. The number of benzene rings is 1. The average Bonchev–Trinajstić information content (AvgIpc) is 3.37. The number of hydrogen-bond donors (Lipinski definition) is 2. The van der Waals surface area contributed by atoms with E-state index < -0.39 is 6.17 Å². The summed E-state index contributed by atoms with van der Waals surface area (Å²) in [6.45, 7) is 8.22.